The van der Waals surface area contributed by atoms with E-state index in [9.17, 15) is 9.00 Å². The maximum atomic E-state index is 12.4. The summed E-state index contributed by atoms with van der Waals surface area (Å²) in [5, 5.41) is 0. The smallest absolute Gasteiger partial charge is 0.227 e. The number of nitrogens with one attached hydrogen (secondary N) is 1. The van der Waals surface area contributed by atoms with Crippen molar-refractivity contribution < 1.29 is 13.4 Å². The highest BCUT2D eigenvalue weighted by Crippen LogP contribution is 2.20. The van der Waals surface area contributed by atoms with E-state index in [1.165, 1.54) is 29.7 Å². The minimum atomic E-state index is -2.74. The molecule has 7 heteroatoms. The van der Waals surface area contributed by atoms with Gasteiger partial charge in [0.2, 0.25) is 11.2 Å². The van der Waals surface area contributed by atoms with Crippen LogP contribution in [0.25, 0.3) is 0 Å². The van der Waals surface area contributed by atoms with Gasteiger partial charge in [-0.1, -0.05) is 36.4 Å². The molecule has 0 spiro atoms. The minimum Gasteiger partial charge on any atom is -0.482 e. The Morgan fingerprint density at radius 1 is 1.13 bits per heavy atom. The highest BCUT2D eigenvalue weighted by molar-refractivity contribution is 7.91. The third-order valence-electron chi connectivity index (χ3n) is 5.21. The molecule has 0 radical (unpaired) electrons. The number of fused-ring (bicyclic) bond motifs is 1. The van der Waals surface area contributed by atoms with Crippen molar-refractivity contribution >= 4 is 9.73 Å². The van der Waals surface area contributed by atoms with Crippen molar-refractivity contribution in [3.05, 3.63) is 93.5 Å². The van der Waals surface area contributed by atoms with Crippen LogP contribution in [-0.4, -0.2) is 21.9 Å². The summed E-state index contributed by atoms with van der Waals surface area (Å²) < 4.78 is 30.6. The van der Waals surface area contributed by atoms with Crippen molar-refractivity contribution in [2.75, 3.05) is 12.8 Å². The fourth-order valence-electron chi connectivity index (χ4n) is 3.54. The first-order valence-corrected chi connectivity index (χ1v) is 11.7. The molecule has 3 aromatic rings. The molecule has 1 aliphatic heterocycles. The van der Waals surface area contributed by atoms with Crippen LogP contribution in [-0.2, 0) is 35.8 Å². The number of ether oxygens (including phenoxy) is 1. The van der Waals surface area contributed by atoms with E-state index in [4.69, 9.17) is 13.9 Å². The number of hydrogen-bond acceptors (Lipinski definition) is 6. The van der Waals surface area contributed by atoms with Gasteiger partial charge >= 0.3 is 0 Å². The van der Waals surface area contributed by atoms with Crippen LogP contribution in [0.4, 0.5) is 0 Å². The van der Waals surface area contributed by atoms with E-state index >= 15 is 0 Å². The zero-order chi connectivity index (χ0) is 21.1. The van der Waals surface area contributed by atoms with E-state index in [2.05, 4.69) is 29.2 Å². The first-order chi connectivity index (χ1) is 14.4. The molecule has 1 atom stereocenters. The molecule has 0 amide bonds. The summed E-state index contributed by atoms with van der Waals surface area (Å²) in [5.74, 6) is 0.774. The summed E-state index contributed by atoms with van der Waals surface area (Å²) in [4.78, 5) is 15.2. The molecule has 1 N–H and O–H groups in total. The zero-order valence-electron chi connectivity index (χ0n) is 16.8. The van der Waals surface area contributed by atoms with Crippen LogP contribution >= 0.6 is 0 Å². The molecule has 1 unspecified atom stereocenters. The van der Waals surface area contributed by atoms with Crippen molar-refractivity contribution in [3.8, 4) is 5.75 Å². The third kappa shape index (κ3) is 4.80. The maximum Gasteiger partial charge on any atom is 0.227 e. The van der Waals surface area contributed by atoms with Crippen molar-refractivity contribution in [3.63, 3.8) is 0 Å². The van der Waals surface area contributed by atoms with Crippen LogP contribution in [0.1, 0.15) is 22.5 Å². The molecule has 0 aliphatic carbocycles. The molecule has 0 bridgehead atoms. The van der Waals surface area contributed by atoms with Crippen molar-refractivity contribution in [2.45, 2.75) is 31.0 Å². The lowest BCUT2D eigenvalue weighted by Crippen LogP contribution is -2.30. The molecule has 1 aliphatic rings. The normalized spacial score (nSPS) is 15.9. The minimum absolute atomic E-state index is 0.159. The van der Waals surface area contributed by atoms with Gasteiger partial charge in [-0.15, -0.1) is 0 Å². The summed E-state index contributed by atoms with van der Waals surface area (Å²) >= 11 is 0. The molecule has 0 fully saturated rings. The molecule has 2 heterocycles. The SMILES string of the molecule is CS(=N)(=O)c1ccc(COc2coc(CN3CCc4ccccc4C3)cc2=O)cc1. The lowest BCUT2D eigenvalue weighted by Gasteiger charge is -2.28. The second-order valence-electron chi connectivity index (χ2n) is 7.58. The van der Waals surface area contributed by atoms with Crippen LogP contribution in [0.5, 0.6) is 5.75 Å². The topological polar surface area (TPSA) is 83.6 Å². The van der Waals surface area contributed by atoms with Gasteiger partial charge in [0.05, 0.1) is 16.3 Å². The molecule has 4 rings (SSSR count). The van der Waals surface area contributed by atoms with Crippen molar-refractivity contribution in [2.24, 2.45) is 0 Å². The Hall–Kier alpha value is -2.90. The summed E-state index contributed by atoms with van der Waals surface area (Å²) in [6.07, 6.45) is 3.74. The van der Waals surface area contributed by atoms with E-state index < -0.39 is 9.73 Å². The fourth-order valence-corrected chi connectivity index (χ4v) is 4.20. The van der Waals surface area contributed by atoms with E-state index in [1.54, 1.807) is 24.3 Å². The Balaban J connectivity index is 1.37. The third-order valence-corrected chi connectivity index (χ3v) is 6.38. The van der Waals surface area contributed by atoms with Gasteiger partial charge in [-0.2, -0.15) is 0 Å². The predicted octanol–water partition coefficient (Wildman–Crippen LogP) is 3.81. The van der Waals surface area contributed by atoms with Gasteiger partial charge in [-0.3, -0.25) is 9.69 Å². The van der Waals surface area contributed by atoms with Crippen LogP contribution in [0.3, 0.4) is 0 Å². The lowest BCUT2D eigenvalue weighted by molar-refractivity contribution is 0.220. The Bertz CT molecular complexity index is 1200. The van der Waals surface area contributed by atoms with Gasteiger partial charge in [0.25, 0.3) is 0 Å². The quantitative estimate of drug-likeness (QED) is 0.651. The monoisotopic (exact) mass is 424 g/mol. The van der Waals surface area contributed by atoms with Gasteiger partial charge in [-0.25, -0.2) is 8.99 Å². The van der Waals surface area contributed by atoms with Gasteiger partial charge in [0.1, 0.15) is 18.6 Å². The first kappa shape index (κ1) is 20.4. The Morgan fingerprint density at radius 2 is 1.87 bits per heavy atom. The Morgan fingerprint density at radius 3 is 2.57 bits per heavy atom. The summed E-state index contributed by atoms with van der Waals surface area (Å²) in [5.41, 5.74) is 3.31. The van der Waals surface area contributed by atoms with Crippen molar-refractivity contribution in [1.29, 1.82) is 4.78 Å². The molecule has 0 saturated carbocycles. The van der Waals surface area contributed by atoms with Gasteiger partial charge < -0.3 is 9.15 Å². The summed E-state index contributed by atoms with van der Waals surface area (Å²) in [6, 6.07) is 16.7. The highest BCUT2D eigenvalue weighted by atomic mass is 32.2. The molecule has 2 aromatic carbocycles. The predicted molar refractivity (Wildman–Crippen MR) is 115 cm³/mol. The molecule has 1 aromatic heterocycles. The molecule has 156 valence electrons. The molecule has 30 heavy (non-hydrogen) atoms. The van der Waals surface area contributed by atoms with E-state index in [1.807, 2.05) is 0 Å². The summed E-state index contributed by atoms with van der Waals surface area (Å²) in [7, 11) is -2.74. The first-order valence-electron chi connectivity index (χ1n) is 9.75. The highest BCUT2D eigenvalue weighted by Gasteiger charge is 2.17. The molecular formula is C23H24N2O4S. The standard InChI is InChI=1S/C23H24N2O4S/c1-30(24,27)21-8-6-17(7-9-21)15-29-23-16-28-20(12-22(23)26)14-25-11-10-18-4-2-3-5-19(18)13-25/h2-9,12,16,24H,10-11,13-15H2,1H3. The molecule has 6 nitrogen and oxygen atoms in total. The number of benzene rings is 2. The van der Waals surface area contributed by atoms with Gasteiger partial charge in [-0.05, 0) is 35.2 Å². The largest absolute Gasteiger partial charge is 0.482 e. The van der Waals surface area contributed by atoms with Crippen molar-refractivity contribution in [1.82, 2.24) is 4.90 Å². The lowest BCUT2D eigenvalue weighted by atomic mass is 10.00. The van der Waals surface area contributed by atoms with E-state index in [0.29, 0.717) is 17.2 Å². The van der Waals surface area contributed by atoms with Crippen LogP contribution in [0, 0.1) is 4.78 Å². The fraction of sp³-hybridized carbons (Fsp3) is 0.261. The number of hydrogen-bond donors (Lipinski definition) is 1. The maximum absolute atomic E-state index is 12.4. The average molecular weight is 425 g/mol. The van der Waals surface area contributed by atoms with Crippen LogP contribution in [0.15, 0.2) is 75.0 Å². The van der Waals surface area contributed by atoms with Gasteiger partial charge in [0, 0.05) is 30.3 Å². The molecule has 0 saturated heterocycles. The second kappa shape index (κ2) is 8.45. The number of nitrogens with zero attached hydrogens (tertiary/aromatic N) is 1. The van der Waals surface area contributed by atoms with Crippen LogP contribution in [0.2, 0.25) is 0 Å². The molecular weight excluding hydrogens is 400 g/mol. The van der Waals surface area contributed by atoms with Gasteiger partial charge in [0.15, 0.2) is 0 Å². The second-order valence-corrected chi connectivity index (χ2v) is 9.74. The van der Waals surface area contributed by atoms with E-state index in [-0.39, 0.29) is 17.8 Å². The zero-order valence-corrected chi connectivity index (χ0v) is 17.6. The van der Waals surface area contributed by atoms with E-state index in [0.717, 1.165) is 25.1 Å². The Kier molecular flexibility index (Phi) is 5.74. The average Bonchev–Trinajstić information content (AvgIpc) is 2.73. The number of rotatable bonds is 6. The van der Waals surface area contributed by atoms with Crippen LogP contribution < -0.4 is 10.2 Å². The summed E-state index contributed by atoms with van der Waals surface area (Å²) in [6.45, 7) is 2.54. The Labute approximate surface area is 176 Å².